The van der Waals surface area contributed by atoms with Gasteiger partial charge in [0.1, 0.15) is 0 Å². The molecule has 4 aliphatic rings. The van der Waals surface area contributed by atoms with Crippen molar-refractivity contribution in [2.45, 2.75) is 77.0 Å². The summed E-state index contributed by atoms with van der Waals surface area (Å²) in [6.07, 6.45) is 10.2. The van der Waals surface area contributed by atoms with Crippen LogP contribution in [0.15, 0.2) is 4.99 Å². The van der Waals surface area contributed by atoms with Gasteiger partial charge in [-0.3, -0.25) is 4.99 Å². The second-order valence-corrected chi connectivity index (χ2v) is 8.81. The van der Waals surface area contributed by atoms with Crippen LogP contribution in [-0.4, -0.2) is 37.8 Å². The fourth-order valence-corrected chi connectivity index (χ4v) is 5.57. The van der Waals surface area contributed by atoms with Crippen LogP contribution in [0.5, 0.6) is 0 Å². The first-order valence-electron chi connectivity index (χ1n) is 9.72. The third-order valence-electron chi connectivity index (χ3n) is 7.03. The number of rotatable bonds is 3. The molecule has 1 aliphatic heterocycles. The van der Waals surface area contributed by atoms with Crippen LogP contribution in [0.2, 0.25) is 0 Å². The molecule has 0 aromatic heterocycles. The number of fused-ring (bicyclic) bond motifs is 1. The summed E-state index contributed by atoms with van der Waals surface area (Å²) in [5, 5.41) is 7.42. The van der Waals surface area contributed by atoms with Gasteiger partial charge in [-0.1, -0.05) is 46.0 Å². The summed E-state index contributed by atoms with van der Waals surface area (Å²) in [5.41, 5.74) is 0.213. The molecule has 1 heterocycles. The van der Waals surface area contributed by atoms with Gasteiger partial charge in [0.2, 0.25) is 0 Å². The Morgan fingerprint density at radius 1 is 1.04 bits per heavy atom. The molecule has 5 atom stereocenters. The van der Waals surface area contributed by atoms with Crippen molar-refractivity contribution in [1.29, 1.82) is 0 Å². The Hall–Kier alpha value is -0.770. The van der Waals surface area contributed by atoms with E-state index in [9.17, 15) is 0 Å². The number of nitrogens with zero attached hydrogens (tertiary/aromatic N) is 1. The normalized spacial score (nSPS) is 42.7. The highest BCUT2D eigenvalue weighted by molar-refractivity contribution is 5.81. The van der Waals surface area contributed by atoms with Gasteiger partial charge in [0.25, 0.3) is 0 Å². The van der Waals surface area contributed by atoms with Gasteiger partial charge in [0.05, 0.1) is 6.10 Å². The van der Waals surface area contributed by atoms with Crippen molar-refractivity contribution >= 4 is 5.96 Å². The van der Waals surface area contributed by atoms with Gasteiger partial charge >= 0.3 is 0 Å². The van der Waals surface area contributed by atoms with E-state index in [-0.39, 0.29) is 5.41 Å². The molecule has 5 unspecified atom stereocenters. The summed E-state index contributed by atoms with van der Waals surface area (Å²) in [7, 11) is 1.90. The fraction of sp³-hybridized carbons (Fsp3) is 0.947. The molecule has 3 aliphatic carbocycles. The molecule has 4 heteroatoms. The van der Waals surface area contributed by atoms with Crippen LogP contribution < -0.4 is 10.6 Å². The van der Waals surface area contributed by atoms with E-state index in [2.05, 4.69) is 29.5 Å². The molecule has 0 aromatic carbocycles. The summed E-state index contributed by atoms with van der Waals surface area (Å²) in [4.78, 5) is 4.50. The highest BCUT2D eigenvalue weighted by Crippen LogP contribution is 2.52. The Bertz CT molecular complexity index is 469. The number of hydrogen-bond acceptors (Lipinski definition) is 2. The molecule has 2 N–H and O–H groups in total. The molecule has 4 fully saturated rings. The predicted octanol–water partition coefficient (Wildman–Crippen LogP) is 2.93. The number of hydrogen-bond donors (Lipinski definition) is 2. The zero-order chi connectivity index (χ0) is 16.0. The smallest absolute Gasteiger partial charge is 0.191 e. The molecule has 0 aromatic rings. The van der Waals surface area contributed by atoms with E-state index in [0.717, 1.165) is 24.4 Å². The summed E-state index contributed by atoms with van der Waals surface area (Å²) in [6.45, 7) is 5.58. The van der Waals surface area contributed by atoms with Gasteiger partial charge in [0.15, 0.2) is 5.96 Å². The third kappa shape index (κ3) is 2.77. The monoisotopic (exact) mass is 319 g/mol. The number of nitrogens with one attached hydrogen (secondary N) is 2. The fourth-order valence-electron chi connectivity index (χ4n) is 5.57. The Balaban J connectivity index is 1.30. The Kier molecular flexibility index (Phi) is 4.07. The quantitative estimate of drug-likeness (QED) is 0.621. The van der Waals surface area contributed by atoms with Crippen molar-refractivity contribution in [3.05, 3.63) is 0 Å². The lowest BCUT2D eigenvalue weighted by Crippen LogP contribution is -2.68. The highest BCUT2D eigenvalue weighted by Gasteiger charge is 2.59. The summed E-state index contributed by atoms with van der Waals surface area (Å²) in [6, 6.07) is 1.15. The molecule has 4 nitrogen and oxygen atoms in total. The summed E-state index contributed by atoms with van der Waals surface area (Å²) < 4.78 is 5.90. The van der Waals surface area contributed by atoms with Crippen LogP contribution in [0.4, 0.5) is 0 Å². The van der Waals surface area contributed by atoms with E-state index in [1.807, 2.05) is 7.05 Å². The molecule has 130 valence electrons. The van der Waals surface area contributed by atoms with Crippen molar-refractivity contribution in [2.24, 2.45) is 28.2 Å². The minimum absolute atomic E-state index is 0.213. The standard InChI is InChI=1S/C19H33N3O/c1-19(2)16(13-9-10-23-17(13)19)22-18(20-3)21-15-11-14(15)12-7-5-4-6-8-12/h12-17H,4-11H2,1-3H3,(H2,20,21,22). The van der Waals surface area contributed by atoms with Crippen molar-refractivity contribution in [2.75, 3.05) is 13.7 Å². The van der Waals surface area contributed by atoms with E-state index in [4.69, 9.17) is 4.74 Å². The SMILES string of the molecule is CN=C(NC1CC1C1CCCCC1)NC1C2CCOC2C1(C)C. The molecule has 4 rings (SSSR count). The van der Waals surface area contributed by atoms with Crippen molar-refractivity contribution < 1.29 is 4.74 Å². The van der Waals surface area contributed by atoms with E-state index in [1.165, 1.54) is 44.9 Å². The molecule has 0 amide bonds. The van der Waals surface area contributed by atoms with E-state index >= 15 is 0 Å². The highest BCUT2D eigenvalue weighted by atomic mass is 16.5. The lowest BCUT2D eigenvalue weighted by Gasteiger charge is -2.54. The molecule has 3 saturated carbocycles. The molecular weight excluding hydrogens is 286 g/mol. The first-order chi connectivity index (χ1) is 11.1. The summed E-state index contributed by atoms with van der Waals surface area (Å²) in [5.74, 6) is 3.53. The largest absolute Gasteiger partial charge is 0.377 e. The average Bonchev–Trinajstić information content (AvgIpc) is 3.18. The third-order valence-corrected chi connectivity index (χ3v) is 7.03. The predicted molar refractivity (Wildman–Crippen MR) is 93.5 cm³/mol. The molecule has 0 radical (unpaired) electrons. The maximum absolute atomic E-state index is 5.90. The van der Waals surface area contributed by atoms with E-state index in [0.29, 0.717) is 24.1 Å². The average molecular weight is 319 g/mol. The second-order valence-electron chi connectivity index (χ2n) is 8.81. The zero-order valence-corrected chi connectivity index (χ0v) is 15.0. The maximum atomic E-state index is 5.90. The molecule has 23 heavy (non-hydrogen) atoms. The maximum Gasteiger partial charge on any atom is 0.191 e. The van der Waals surface area contributed by atoms with Crippen molar-refractivity contribution in [3.63, 3.8) is 0 Å². The second kappa shape index (κ2) is 5.94. The first kappa shape index (κ1) is 15.7. The lowest BCUT2D eigenvalue weighted by molar-refractivity contribution is -0.106. The Morgan fingerprint density at radius 3 is 2.57 bits per heavy atom. The van der Waals surface area contributed by atoms with Gasteiger partial charge in [-0.05, 0) is 24.7 Å². The van der Waals surface area contributed by atoms with Crippen LogP contribution in [0.3, 0.4) is 0 Å². The number of aliphatic imine (C=N–C) groups is 1. The lowest BCUT2D eigenvalue weighted by atomic mass is 9.57. The van der Waals surface area contributed by atoms with Crippen molar-refractivity contribution in [1.82, 2.24) is 10.6 Å². The van der Waals surface area contributed by atoms with Crippen molar-refractivity contribution in [3.8, 4) is 0 Å². The molecule has 0 bridgehead atoms. The van der Waals surface area contributed by atoms with Crippen LogP contribution in [0.25, 0.3) is 0 Å². The Labute approximate surface area is 140 Å². The Morgan fingerprint density at radius 2 is 1.83 bits per heavy atom. The first-order valence-corrected chi connectivity index (χ1v) is 9.72. The van der Waals surface area contributed by atoms with Crippen LogP contribution in [0.1, 0.15) is 58.8 Å². The molecule has 0 spiro atoms. The van der Waals surface area contributed by atoms with Crippen LogP contribution >= 0.6 is 0 Å². The van der Waals surface area contributed by atoms with Crippen LogP contribution in [-0.2, 0) is 4.74 Å². The van der Waals surface area contributed by atoms with E-state index < -0.39 is 0 Å². The van der Waals surface area contributed by atoms with Gasteiger partial charge in [-0.25, -0.2) is 0 Å². The number of ether oxygens (including phenoxy) is 1. The van der Waals surface area contributed by atoms with Gasteiger partial charge in [-0.2, -0.15) is 0 Å². The van der Waals surface area contributed by atoms with Gasteiger partial charge in [0, 0.05) is 37.1 Å². The topological polar surface area (TPSA) is 45.7 Å². The number of guanidine groups is 1. The minimum atomic E-state index is 0.213. The van der Waals surface area contributed by atoms with Gasteiger partial charge < -0.3 is 15.4 Å². The van der Waals surface area contributed by atoms with Gasteiger partial charge in [-0.15, -0.1) is 0 Å². The van der Waals surface area contributed by atoms with Crippen LogP contribution in [0, 0.1) is 23.2 Å². The summed E-state index contributed by atoms with van der Waals surface area (Å²) >= 11 is 0. The molecular formula is C19H33N3O. The zero-order valence-electron chi connectivity index (χ0n) is 15.0. The van der Waals surface area contributed by atoms with E-state index in [1.54, 1.807) is 0 Å². The molecule has 1 saturated heterocycles. The minimum Gasteiger partial charge on any atom is -0.377 e.